The van der Waals surface area contributed by atoms with Gasteiger partial charge in [0.25, 0.3) is 0 Å². The molecule has 0 bridgehead atoms. The molecule has 0 radical (unpaired) electrons. The molecule has 0 amide bonds. The number of hydrogen-bond acceptors (Lipinski definition) is 3. The zero-order chi connectivity index (χ0) is 12.8. The third-order valence-corrected chi connectivity index (χ3v) is 2.44. The highest BCUT2D eigenvalue weighted by Crippen LogP contribution is 2.37. The summed E-state index contributed by atoms with van der Waals surface area (Å²) in [6, 6.07) is 0. The summed E-state index contributed by atoms with van der Waals surface area (Å²) in [6.45, 7) is 4.69. The fraction of sp³-hybridized carbons (Fsp3) is 0.909. The zero-order valence-corrected chi connectivity index (χ0v) is 10.1. The van der Waals surface area contributed by atoms with Gasteiger partial charge >= 0.3 is 11.9 Å². The molecule has 0 aliphatic carbocycles. The fourth-order valence-corrected chi connectivity index (χ4v) is 1.68. The Morgan fingerprint density at radius 3 is 1.94 bits per heavy atom. The van der Waals surface area contributed by atoms with Gasteiger partial charge in [-0.2, -0.15) is 8.78 Å². The summed E-state index contributed by atoms with van der Waals surface area (Å²) < 4.78 is 31.7. The number of alkyl halides is 2. The third-order valence-electron chi connectivity index (χ3n) is 2.44. The van der Waals surface area contributed by atoms with E-state index in [2.05, 4.69) is 4.74 Å². The molecular formula is C11H20F2O3. The van der Waals surface area contributed by atoms with Crippen molar-refractivity contribution in [3.05, 3.63) is 0 Å². The third kappa shape index (κ3) is 3.14. The normalized spacial score (nSPS) is 12.6. The van der Waals surface area contributed by atoms with Crippen LogP contribution in [0.2, 0.25) is 0 Å². The van der Waals surface area contributed by atoms with Crippen molar-refractivity contribution in [1.82, 2.24) is 0 Å². The average Bonchev–Trinajstić information content (AvgIpc) is 2.18. The van der Waals surface area contributed by atoms with E-state index in [1.165, 1.54) is 6.92 Å². The minimum atomic E-state index is -3.84. The number of aliphatic hydroxyl groups is 1. The van der Waals surface area contributed by atoms with E-state index in [9.17, 15) is 18.7 Å². The molecule has 0 aliphatic rings. The molecule has 0 atom stereocenters. The maximum Gasteiger partial charge on any atom is 0.380 e. The van der Waals surface area contributed by atoms with Gasteiger partial charge in [0, 0.05) is 0 Å². The number of carbonyl (C=O) groups is 1. The lowest BCUT2D eigenvalue weighted by Crippen LogP contribution is -2.53. The van der Waals surface area contributed by atoms with Gasteiger partial charge in [-0.25, -0.2) is 4.79 Å². The lowest BCUT2D eigenvalue weighted by molar-refractivity contribution is -0.217. The maximum atomic E-state index is 13.7. The molecule has 0 saturated heterocycles. The standard InChI is InChI=1S/C11H20F2O3/c1-4-7-10(15,8-5-2)11(12,13)9(14)16-6-3/h15H,4-8H2,1-3H3. The maximum absolute atomic E-state index is 13.7. The van der Waals surface area contributed by atoms with Gasteiger partial charge in [0.2, 0.25) is 0 Å². The average molecular weight is 238 g/mol. The van der Waals surface area contributed by atoms with Crippen LogP contribution in [0.25, 0.3) is 0 Å². The number of esters is 1. The molecule has 0 heterocycles. The van der Waals surface area contributed by atoms with E-state index >= 15 is 0 Å². The van der Waals surface area contributed by atoms with Crippen LogP contribution in [0.15, 0.2) is 0 Å². The Kier molecular flexibility index (Phi) is 5.86. The van der Waals surface area contributed by atoms with E-state index in [0.29, 0.717) is 12.8 Å². The summed E-state index contributed by atoms with van der Waals surface area (Å²) in [4.78, 5) is 11.1. The van der Waals surface area contributed by atoms with Gasteiger partial charge < -0.3 is 9.84 Å². The fourth-order valence-electron chi connectivity index (χ4n) is 1.68. The van der Waals surface area contributed by atoms with Crippen molar-refractivity contribution in [1.29, 1.82) is 0 Å². The number of halogens is 2. The van der Waals surface area contributed by atoms with Gasteiger partial charge in [-0.3, -0.25) is 0 Å². The molecule has 3 nitrogen and oxygen atoms in total. The van der Waals surface area contributed by atoms with Crippen molar-refractivity contribution >= 4 is 5.97 Å². The largest absolute Gasteiger partial charge is 0.461 e. The van der Waals surface area contributed by atoms with Crippen LogP contribution in [-0.2, 0) is 9.53 Å². The molecule has 0 saturated carbocycles. The molecule has 5 heteroatoms. The van der Waals surface area contributed by atoms with Crippen LogP contribution in [0.5, 0.6) is 0 Å². The van der Waals surface area contributed by atoms with Gasteiger partial charge in [-0.05, 0) is 19.8 Å². The molecule has 0 rings (SSSR count). The van der Waals surface area contributed by atoms with Crippen molar-refractivity contribution in [2.24, 2.45) is 0 Å². The van der Waals surface area contributed by atoms with Crippen molar-refractivity contribution in [3.8, 4) is 0 Å². The summed E-state index contributed by atoms with van der Waals surface area (Å²) in [7, 11) is 0. The van der Waals surface area contributed by atoms with Gasteiger partial charge in [0.1, 0.15) is 5.60 Å². The van der Waals surface area contributed by atoms with Crippen LogP contribution in [0.4, 0.5) is 8.78 Å². The molecule has 0 spiro atoms. The first-order valence-electron chi connectivity index (χ1n) is 5.63. The van der Waals surface area contributed by atoms with Crippen LogP contribution in [0.3, 0.4) is 0 Å². The topological polar surface area (TPSA) is 46.5 Å². The number of hydrogen-bond donors (Lipinski definition) is 1. The highest BCUT2D eigenvalue weighted by atomic mass is 19.3. The number of carbonyl (C=O) groups excluding carboxylic acids is 1. The highest BCUT2D eigenvalue weighted by molar-refractivity contribution is 5.79. The Labute approximate surface area is 94.8 Å². The Morgan fingerprint density at radius 1 is 1.19 bits per heavy atom. The van der Waals surface area contributed by atoms with Crippen molar-refractivity contribution in [2.75, 3.05) is 6.61 Å². The first-order valence-corrected chi connectivity index (χ1v) is 5.63. The Morgan fingerprint density at radius 2 is 1.62 bits per heavy atom. The monoisotopic (exact) mass is 238 g/mol. The second-order valence-corrected chi connectivity index (χ2v) is 3.83. The quantitative estimate of drug-likeness (QED) is 0.693. The van der Waals surface area contributed by atoms with E-state index in [0.717, 1.165) is 0 Å². The zero-order valence-electron chi connectivity index (χ0n) is 10.1. The van der Waals surface area contributed by atoms with E-state index < -0.39 is 17.5 Å². The van der Waals surface area contributed by atoms with Crippen LogP contribution in [0, 0.1) is 0 Å². The van der Waals surface area contributed by atoms with Crippen LogP contribution < -0.4 is 0 Å². The van der Waals surface area contributed by atoms with Crippen molar-refractivity contribution in [3.63, 3.8) is 0 Å². The van der Waals surface area contributed by atoms with E-state index in [1.807, 2.05) is 0 Å². The Balaban J connectivity index is 4.93. The predicted octanol–water partition coefficient (Wildman–Crippen LogP) is 2.52. The summed E-state index contributed by atoms with van der Waals surface area (Å²) in [5.74, 6) is -5.48. The summed E-state index contributed by atoms with van der Waals surface area (Å²) in [5, 5.41) is 9.89. The molecule has 96 valence electrons. The van der Waals surface area contributed by atoms with E-state index in [-0.39, 0.29) is 19.4 Å². The van der Waals surface area contributed by atoms with Gasteiger partial charge in [-0.15, -0.1) is 0 Å². The molecule has 16 heavy (non-hydrogen) atoms. The summed E-state index contributed by atoms with van der Waals surface area (Å²) >= 11 is 0. The second-order valence-electron chi connectivity index (χ2n) is 3.83. The first kappa shape index (κ1) is 15.3. The SMILES string of the molecule is CCCC(O)(CCC)C(F)(F)C(=O)OCC. The lowest BCUT2D eigenvalue weighted by atomic mass is 9.86. The molecule has 0 aromatic rings. The minimum absolute atomic E-state index is 0.118. The molecule has 0 fully saturated rings. The lowest BCUT2D eigenvalue weighted by Gasteiger charge is -2.33. The van der Waals surface area contributed by atoms with Gasteiger partial charge in [0.05, 0.1) is 6.61 Å². The van der Waals surface area contributed by atoms with Crippen molar-refractivity contribution < 1.29 is 23.4 Å². The van der Waals surface area contributed by atoms with E-state index in [1.54, 1.807) is 13.8 Å². The first-order chi connectivity index (χ1) is 7.35. The minimum Gasteiger partial charge on any atom is -0.461 e. The number of ether oxygens (including phenoxy) is 1. The molecule has 0 aromatic heterocycles. The van der Waals surface area contributed by atoms with Crippen molar-refractivity contribution in [2.45, 2.75) is 58.0 Å². The number of rotatable bonds is 7. The highest BCUT2D eigenvalue weighted by Gasteiger charge is 2.58. The van der Waals surface area contributed by atoms with Crippen LogP contribution in [-0.4, -0.2) is 29.2 Å². The van der Waals surface area contributed by atoms with Gasteiger partial charge in [0.15, 0.2) is 0 Å². The van der Waals surface area contributed by atoms with Crippen LogP contribution in [0.1, 0.15) is 46.5 Å². The molecule has 0 aliphatic heterocycles. The summed E-state index contributed by atoms with van der Waals surface area (Å²) in [5.41, 5.74) is -2.29. The summed E-state index contributed by atoms with van der Waals surface area (Å²) in [6.07, 6.45) is 0.524. The van der Waals surface area contributed by atoms with Crippen LogP contribution >= 0.6 is 0 Å². The van der Waals surface area contributed by atoms with E-state index in [4.69, 9.17) is 0 Å². The molecule has 1 N–H and O–H groups in total. The second kappa shape index (κ2) is 6.13. The molecule has 0 unspecified atom stereocenters. The molecular weight excluding hydrogens is 218 g/mol. The Bertz CT molecular complexity index is 223. The van der Waals surface area contributed by atoms with Gasteiger partial charge in [-0.1, -0.05) is 26.7 Å². The molecule has 0 aromatic carbocycles. The smallest absolute Gasteiger partial charge is 0.380 e. The Hall–Kier alpha value is -0.710. The predicted molar refractivity (Wildman–Crippen MR) is 56.3 cm³/mol.